The van der Waals surface area contributed by atoms with Gasteiger partial charge >= 0.3 is 5.97 Å². The summed E-state index contributed by atoms with van der Waals surface area (Å²) in [7, 11) is -2.98. The Kier molecular flexibility index (Phi) is 7.66. The number of carbonyl (C=O) groups is 1. The van der Waals surface area contributed by atoms with Crippen molar-refractivity contribution in [3.63, 3.8) is 0 Å². The first-order valence-electron chi connectivity index (χ1n) is 8.03. The highest BCUT2D eigenvalue weighted by molar-refractivity contribution is 7.91. The van der Waals surface area contributed by atoms with E-state index in [-0.39, 0.29) is 30.1 Å². The zero-order valence-corrected chi connectivity index (χ0v) is 14.1. The van der Waals surface area contributed by atoms with Crippen LogP contribution in [0.2, 0.25) is 0 Å². The fourth-order valence-corrected chi connectivity index (χ4v) is 4.79. The number of unbranched alkanes of at least 4 members (excludes halogenated alkanes) is 4. The molecule has 1 N–H and O–H groups in total. The van der Waals surface area contributed by atoms with Gasteiger partial charge in [-0.1, -0.05) is 39.0 Å². The lowest BCUT2D eigenvalue weighted by Crippen LogP contribution is -2.45. The van der Waals surface area contributed by atoms with Gasteiger partial charge < -0.3 is 5.11 Å². The lowest BCUT2D eigenvalue weighted by atomic mass is 10.0. The van der Waals surface area contributed by atoms with Gasteiger partial charge in [-0.25, -0.2) is 8.42 Å². The average Bonchev–Trinajstić information content (AvgIpc) is 2.75. The number of carboxylic acid groups (broad SMARTS) is 1. The minimum absolute atomic E-state index is 0.0592. The van der Waals surface area contributed by atoms with Gasteiger partial charge in [-0.15, -0.1) is 0 Å². The van der Waals surface area contributed by atoms with Crippen LogP contribution in [0.1, 0.15) is 58.8 Å². The van der Waals surface area contributed by atoms with Crippen molar-refractivity contribution in [2.75, 3.05) is 18.1 Å². The maximum Gasteiger partial charge on any atom is 0.317 e. The van der Waals surface area contributed by atoms with Crippen LogP contribution >= 0.6 is 0 Å². The average molecular weight is 319 g/mol. The van der Waals surface area contributed by atoms with Gasteiger partial charge in [0.25, 0.3) is 0 Å². The van der Waals surface area contributed by atoms with Crippen LogP contribution in [0.25, 0.3) is 0 Å². The molecule has 1 aliphatic heterocycles. The van der Waals surface area contributed by atoms with Crippen molar-refractivity contribution in [3.05, 3.63) is 0 Å². The molecule has 0 radical (unpaired) electrons. The molecule has 0 saturated carbocycles. The fraction of sp³-hybridized carbons (Fsp3) is 0.933. The molecule has 2 atom stereocenters. The van der Waals surface area contributed by atoms with E-state index in [1.807, 2.05) is 11.8 Å². The van der Waals surface area contributed by atoms with Crippen molar-refractivity contribution in [1.82, 2.24) is 4.90 Å². The number of sulfone groups is 1. The lowest BCUT2D eigenvalue weighted by molar-refractivity contribution is -0.139. The topological polar surface area (TPSA) is 74.7 Å². The molecule has 0 aromatic carbocycles. The van der Waals surface area contributed by atoms with E-state index in [9.17, 15) is 13.2 Å². The van der Waals surface area contributed by atoms with Crippen molar-refractivity contribution >= 4 is 15.8 Å². The molecule has 0 aromatic rings. The SMILES string of the molecule is CCCCCCCC(C)N(CC(=O)O)C1CCS(=O)(=O)C1. The molecule has 124 valence electrons. The Morgan fingerprint density at radius 1 is 1.29 bits per heavy atom. The zero-order valence-electron chi connectivity index (χ0n) is 13.3. The number of nitrogens with zero attached hydrogens (tertiary/aromatic N) is 1. The van der Waals surface area contributed by atoms with Gasteiger partial charge in [0.1, 0.15) is 0 Å². The van der Waals surface area contributed by atoms with Gasteiger partial charge in [0.05, 0.1) is 18.1 Å². The smallest absolute Gasteiger partial charge is 0.317 e. The van der Waals surface area contributed by atoms with Crippen LogP contribution in [0, 0.1) is 0 Å². The first-order chi connectivity index (χ1) is 9.85. The molecule has 0 spiro atoms. The second-order valence-corrected chi connectivity index (χ2v) is 8.40. The summed E-state index contributed by atoms with van der Waals surface area (Å²) < 4.78 is 23.2. The summed E-state index contributed by atoms with van der Waals surface area (Å²) in [5.41, 5.74) is 0. The highest BCUT2D eigenvalue weighted by Gasteiger charge is 2.35. The number of aliphatic carboxylic acids is 1. The van der Waals surface area contributed by atoms with E-state index in [1.165, 1.54) is 25.7 Å². The second-order valence-electron chi connectivity index (χ2n) is 6.17. The third-order valence-corrected chi connectivity index (χ3v) is 6.04. The maximum atomic E-state index is 11.6. The molecular formula is C15H29NO4S. The summed E-state index contributed by atoms with van der Waals surface area (Å²) in [6.45, 7) is 4.14. The first kappa shape index (κ1) is 18.4. The summed E-state index contributed by atoms with van der Waals surface area (Å²) in [5, 5.41) is 9.07. The van der Waals surface area contributed by atoms with E-state index in [4.69, 9.17) is 5.11 Å². The van der Waals surface area contributed by atoms with E-state index < -0.39 is 15.8 Å². The first-order valence-corrected chi connectivity index (χ1v) is 9.86. The monoisotopic (exact) mass is 319 g/mol. The second kappa shape index (κ2) is 8.73. The Morgan fingerprint density at radius 2 is 1.95 bits per heavy atom. The van der Waals surface area contributed by atoms with Crippen molar-refractivity contribution in [3.8, 4) is 0 Å². The van der Waals surface area contributed by atoms with E-state index in [1.54, 1.807) is 0 Å². The van der Waals surface area contributed by atoms with Crippen LogP contribution in [-0.4, -0.2) is 54.5 Å². The van der Waals surface area contributed by atoms with Gasteiger partial charge in [-0.05, 0) is 19.8 Å². The molecule has 0 aromatic heterocycles. The molecule has 0 bridgehead atoms. The summed E-state index contributed by atoms with van der Waals surface area (Å²) in [4.78, 5) is 12.9. The van der Waals surface area contributed by atoms with E-state index in [0.717, 1.165) is 12.8 Å². The Morgan fingerprint density at radius 3 is 2.48 bits per heavy atom. The molecule has 0 amide bonds. The predicted molar refractivity (Wildman–Crippen MR) is 84.2 cm³/mol. The van der Waals surface area contributed by atoms with Crippen molar-refractivity contribution in [2.24, 2.45) is 0 Å². The standard InChI is InChI=1S/C15H29NO4S/c1-3-4-5-6-7-8-13(2)16(11-15(17)18)14-9-10-21(19,20)12-14/h13-14H,3-12H2,1-2H3,(H,17,18). The van der Waals surface area contributed by atoms with Crippen LogP contribution < -0.4 is 0 Å². The summed E-state index contributed by atoms with van der Waals surface area (Å²) in [5.74, 6) is -0.575. The van der Waals surface area contributed by atoms with E-state index >= 15 is 0 Å². The van der Waals surface area contributed by atoms with E-state index in [2.05, 4.69) is 6.92 Å². The molecule has 1 saturated heterocycles. The quantitative estimate of drug-likeness (QED) is 0.625. The number of rotatable bonds is 10. The highest BCUT2D eigenvalue weighted by atomic mass is 32.2. The zero-order chi connectivity index (χ0) is 15.9. The molecule has 1 heterocycles. The van der Waals surface area contributed by atoms with Gasteiger partial charge in [-0.2, -0.15) is 0 Å². The summed E-state index contributed by atoms with van der Waals surface area (Å²) in [6.07, 6.45) is 7.43. The Labute approximate surface area is 128 Å². The molecular weight excluding hydrogens is 290 g/mol. The van der Waals surface area contributed by atoms with Gasteiger partial charge in [0.2, 0.25) is 0 Å². The molecule has 21 heavy (non-hydrogen) atoms. The minimum atomic E-state index is -2.98. The maximum absolute atomic E-state index is 11.6. The third kappa shape index (κ3) is 6.78. The Balaban J connectivity index is 2.50. The third-order valence-electron chi connectivity index (χ3n) is 4.29. The normalized spacial score (nSPS) is 22.5. The van der Waals surface area contributed by atoms with Crippen LogP contribution in [0.4, 0.5) is 0 Å². The lowest BCUT2D eigenvalue weighted by Gasteiger charge is -2.32. The van der Waals surface area contributed by atoms with E-state index in [0.29, 0.717) is 6.42 Å². The van der Waals surface area contributed by atoms with Crippen LogP contribution in [0.5, 0.6) is 0 Å². The van der Waals surface area contributed by atoms with Gasteiger partial charge in [-0.3, -0.25) is 9.69 Å². The van der Waals surface area contributed by atoms with Crippen molar-refractivity contribution in [2.45, 2.75) is 70.9 Å². The molecule has 1 fully saturated rings. The fourth-order valence-electron chi connectivity index (χ4n) is 3.05. The molecule has 2 unspecified atom stereocenters. The molecule has 6 heteroatoms. The summed E-state index contributed by atoms with van der Waals surface area (Å²) >= 11 is 0. The van der Waals surface area contributed by atoms with Crippen LogP contribution in [0.15, 0.2) is 0 Å². The Bertz CT molecular complexity index is 421. The Hall–Kier alpha value is -0.620. The van der Waals surface area contributed by atoms with Gasteiger partial charge in [0, 0.05) is 12.1 Å². The van der Waals surface area contributed by atoms with Crippen molar-refractivity contribution < 1.29 is 18.3 Å². The largest absolute Gasteiger partial charge is 0.480 e. The molecule has 1 rings (SSSR count). The number of hydrogen-bond acceptors (Lipinski definition) is 4. The molecule has 1 aliphatic rings. The summed E-state index contributed by atoms with van der Waals surface area (Å²) in [6, 6.07) is -0.00207. The van der Waals surface area contributed by atoms with Crippen LogP contribution in [-0.2, 0) is 14.6 Å². The molecule has 0 aliphatic carbocycles. The van der Waals surface area contributed by atoms with Crippen LogP contribution in [0.3, 0.4) is 0 Å². The number of hydrogen-bond donors (Lipinski definition) is 1. The minimum Gasteiger partial charge on any atom is -0.480 e. The van der Waals surface area contributed by atoms with Crippen molar-refractivity contribution in [1.29, 1.82) is 0 Å². The van der Waals surface area contributed by atoms with Gasteiger partial charge in [0.15, 0.2) is 9.84 Å². The number of carboxylic acids is 1. The predicted octanol–water partition coefficient (Wildman–Crippen LogP) is 2.31. The highest BCUT2D eigenvalue weighted by Crippen LogP contribution is 2.22. The molecule has 5 nitrogen and oxygen atoms in total.